The Balaban J connectivity index is 0.00000176. The van der Waals surface area contributed by atoms with Gasteiger partial charge < -0.3 is 20.2 Å². The summed E-state index contributed by atoms with van der Waals surface area (Å²) in [5.41, 5.74) is 7.01. The molecule has 0 fully saturated rings. The second-order valence-corrected chi connectivity index (χ2v) is 5.06. The number of furan rings is 1. The van der Waals surface area contributed by atoms with Crippen LogP contribution in [0.1, 0.15) is 40.6 Å². The van der Waals surface area contributed by atoms with E-state index in [9.17, 15) is 4.79 Å². The highest BCUT2D eigenvalue weighted by atomic mass is 35.5. The lowest BCUT2D eigenvalue weighted by Gasteiger charge is -2.17. The number of rotatable bonds is 3. The number of carbonyl (C=O) groups is 1. The van der Waals surface area contributed by atoms with E-state index in [0.717, 1.165) is 24.2 Å². The van der Waals surface area contributed by atoms with Crippen molar-refractivity contribution < 1.29 is 13.9 Å². The van der Waals surface area contributed by atoms with Gasteiger partial charge in [-0.3, -0.25) is 4.79 Å². The number of amides is 1. The Morgan fingerprint density at radius 3 is 2.95 bits per heavy atom. The van der Waals surface area contributed by atoms with Crippen molar-refractivity contribution in [2.24, 2.45) is 5.73 Å². The second-order valence-electron chi connectivity index (χ2n) is 5.06. The largest absolute Gasteiger partial charge is 0.493 e. The van der Waals surface area contributed by atoms with E-state index in [2.05, 4.69) is 5.32 Å². The number of hydrogen-bond acceptors (Lipinski definition) is 4. The van der Waals surface area contributed by atoms with Crippen molar-refractivity contribution in [1.29, 1.82) is 0 Å². The molecule has 1 aliphatic heterocycles. The Kier molecular flexibility index (Phi) is 5.46. The highest BCUT2D eigenvalue weighted by Crippen LogP contribution is 2.31. The summed E-state index contributed by atoms with van der Waals surface area (Å²) in [6.45, 7) is 0.958. The molecule has 3 N–H and O–H groups in total. The molecule has 1 unspecified atom stereocenters. The maximum Gasteiger partial charge on any atom is 0.255 e. The Hall–Kier alpha value is -1.98. The first-order valence-corrected chi connectivity index (χ1v) is 7.08. The minimum absolute atomic E-state index is 0. The molecule has 1 amide bonds. The van der Waals surface area contributed by atoms with Gasteiger partial charge in [0.25, 0.3) is 5.91 Å². The van der Waals surface area contributed by atoms with E-state index < -0.39 is 0 Å². The van der Waals surface area contributed by atoms with Crippen molar-refractivity contribution in [3.05, 3.63) is 53.5 Å². The molecule has 2 aromatic rings. The first kappa shape index (κ1) is 16.4. The van der Waals surface area contributed by atoms with Crippen molar-refractivity contribution >= 4 is 18.3 Å². The molecule has 22 heavy (non-hydrogen) atoms. The molecule has 118 valence electrons. The molecule has 5 nitrogen and oxygen atoms in total. The Morgan fingerprint density at radius 2 is 2.18 bits per heavy atom. The summed E-state index contributed by atoms with van der Waals surface area (Å²) in [4.78, 5) is 12.3. The number of ether oxygens (including phenoxy) is 1. The van der Waals surface area contributed by atoms with E-state index >= 15 is 0 Å². The second kappa shape index (κ2) is 7.33. The number of nitrogens with one attached hydrogen (secondary N) is 1. The molecule has 0 saturated heterocycles. The van der Waals surface area contributed by atoms with E-state index in [1.807, 2.05) is 24.3 Å². The van der Waals surface area contributed by atoms with Crippen molar-refractivity contribution in [1.82, 2.24) is 5.32 Å². The zero-order chi connectivity index (χ0) is 14.7. The molecule has 1 aromatic heterocycles. The predicted octanol–water partition coefficient (Wildman–Crippen LogP) is 2.80. The molecule has 1 aromatic carbocycles. The van der Waals surface area contributed by atoms with Gasteiger partial charge >= 0.3 is 0 Å². The average Bonchev–Trinajstić information content (AvgIpc) is 2.91. The van der Waals surface area contributed by atoms with Gasteiger partial charge in [0, 0.05) is 5.56 Å². The lowest BCUT2D eigenvalue weighted by atomic mass is 10.0. The van der Waals surface area contributed by atoms with Crippen LogP contribution in [0.5, 0.6) is 5.75 Å². The normalized spacial score (nSPS) is 16.7. The van der Waals surface area contributed by atoms with Crippen molar-refractivity contribution in [2.45, 2.75) is 25.4 Å². The quantitative estimate of drug-likeness (QED) is 0.911. The Bertz CT molecular complexity index is 642. The number of fused-ring (bicyclic) bond motifs is 1. The third-order valence-electron chi connectivity index (χ3n) is 3.61. The monoisotopic (exact) mass is 322 g/mol. The zero-order valence-corrected chi connectivity index (χ0v) is 12.9. The molecule has 6 heteroatoms. The van der Waals surface area contributed by atoms with Gasteiger partial charge in [0.1, 0.15) is 17.8 Å². The summed E-state index contributed by atoms with van der Waals surface area (Å²) in [6, 6.07) is 9.45. The van der Waals surface area contributed by atoms with Crippen LogP contribution in [-0.4, -0.2) is 12.5 Å². The van der Waals surface area contributed by atoms with E-state index in [1.165, 1.54) is 6.26 Å². The Labute approximate surface area is 135 Å². The lowest BCUT2D eigenvalue weighted by molar-refractivity contribution is 0.0934. The van der Waals surface area contributed by atoms with Crippen LogP contribution in [-0.2, 0) is 6.54 Å². The lowest BCUT2D eigenvalue weighted by Crippen LogP contribution is -2.28. The molecule has 1 atom stereocenters. The molecule has 0 bridgehead atoms. The molecule has 0 radical (unpaired) electrons. The number of para-hydroxylation sites is 1. The van der Waals surface area contributed by atoms with E-state index in [4.69, 9.17) is 14.9 Å². The third-order valence-corrected chi connectivity index (χ3v) is 3.61. The van der Waals surface area contributed by atoms with Gasteiger partial charge in [-0.1, -0.05) is 18.2 Å². The SMILES string of the molecule is Cl.NCc1cc(C(=O)NC2CCCOc3ccccc32)co1. The first-order chi connectivity index (χ1) is 10.3. The van der Waals surface area contributed by atoms with Gasteiger partial charge in [-0.15, -0.1) is 12.4 Å². The summed E-state index contributed by atoms with van der Waals surface area (Å²) in [5, 5.41) is 3.05. The van der Waals surface area contributed by atoms with Crippen LogP contribution in [0.25, 0.3) is 0 Å². The summed E-state index contributed by atoms with van der Waals surface area (Å²) >= 11 is 0. The topological polar surface area (TPSA) is 77.5 Å². The maximum absolute atomic E-state index is 12.3. The number of carbonyl (C=O) groups excluding carboxylic acids is 1. The number of halogens is 1. The summed E-state index contributed by atoms with van der Waals surface area (Å²) < 4.78 is 10.9. The summed E-state index contributed by atoms with van der Waals surface area (Å²) in [5.74, 6) is 1.29. The van der Waals surface area contributed by atoms with Gasteiger partial charge in [0.15, 0.2) is 0 Å². The van der Waals surface area contributed by atoms with Crippen molar-refractivity contribution in [2.75, 3.05) is 6.61 Å². The van der Waals surface area contributed by atoms with E-state index in [1.54, 1.807) is 6.07 Å². The molecule has 0 saturated carbocycles. The molecule has 0 spiro atoms. The number of benzene rings is 1. The zero-order valence-electron chi connectivity index (χ0n) is 12.1. The van der Waals surface area contributed by atoms with Gasteiger partial charge in [0.2, 0.25) is 0 Å². The van der Waals surface area contributed by atoms with Crippen LogP contribution >= 0.6 is 12.4 Å². The summed E-state index contributed by atoms with van der Waals surface area (Å²) in [6.07, 6.45) is 3.19. The van der Waals surface area contributed by atoms with Crippen molar-refractivity contribution in [3.63, 3.8) is 0 Å². The molecule has 3 rings (SSSR count). The van der Waals surface area contributed by atoms with Crippen LogP contribution in [0.15, 0.2) is 41.0 Å². The highest BCUT2D eigenvalue weighted by Gasteiger charge is 2.22. The van der Waals surface area contributed by atoms with Crippen LogP contribution in [0.3, 0.4) is 0 Å². The van der Waals surface area contributed by atoms with Gasteiger partial charge in [-0.2, -0.15) is 0 Å². The van der Waals surface area contributed by atoms with Crippen LogP contribution in [0, 0.1) is 0 Å². The van der Waals surface area contributed by atoms with Gasteiger partial charge in [-0.25, -0.2) is 0 Å². The van der Waals surface area contributed by atoms with Gasteiger partial charge in [0.05, 0.1) is 24.8 Å². The van der Waals surface area contributed by atoms with Gasteiger partial charge in [-0.05, 0) is 25.0 Å². The van der Waals surface area contributed by atoms with Crippen LogP contribution in [0.2, 0.25) is 0 Å². The smallest absolute Gasteiger partial charge is 0.255 e. The molecular formula is C16H19ClN2O3. The Morgan fingerprint density at radius 1 is 1.36 bits per heavy atom. The molecule has 1 aliphatic rings. The molecule has 0 aliphatic carbocycles. The standard InChI is InChI=1S/C16H18N2O3.ClH/c17-9-12-8-11(10-21-12)16(19)18-14-5-3-7-20-15-6-2-1-4-13(14)15;/h1-2,4,6,8,10,14H,3,5,7,9,17H2,(H,18,19);1H. The third kappa shape index (κ3) is 3.43. The number of hydrogen-bond donors (Lipinski definition) is 2. The van der Waals surface area contributed by atoms with E-state index in [-0.39, 0.29) is 30.9 Å². The molecule has 2 heterocycles. The van der Waals surface area contributed by atoms with Crippen molar-refractivity contribution in [3.8, 4) is 5.75 Å². The average molecular weight is 323 g/mol. The fourth-order valence-corrected chi connectivity index (χ4v) is 2.52. The van der Waals surface area contributed by atoms with E-state index in [0.29, 0.717) is 17.9 Å². The fraction of sp³-hybridized carbons (Fsp3) is 0.312. The minimum Gasteiger partial charge on any atom is -0.493 e. The fourth-order valence-electron chi connectivity index (χ4n) is 2.52. The predicted molar refractivity (Wildman–Crippen MR) is 85.2 cm³/mol. The molecular weight excluding hydrogens is 304 g/mol. The highest BCUT2D eigenvalue weighted by molar-refractivity contribution is 5.94. The summed E-state index contributed by atoms with van der Waals surface area (Å²) in [7, 11) is 0. The first-order valence-electron chi connectivity index (χ1n) is 7.08. The number of nitrogens with two attached hydrogens (primary N) is 1. The maximum atomic E-state index is 12.3. The van der Waals surface area contributed by atoms with Crippen LogP contribution < -0.4 is 15.8 Å². The minimum atomic E-state index is -0.153. The van der Waals surface area contributed by atoms with Crippen LogP contribution in [0.4, 0.5) is 0 Å².